The first-order chi connectivity index (χ1) is 10.1. The number of nitrogens with zero attached hydrogens (tertiary/aromatic N) is 1. The molecule has 0 N–H and O–H groups in total. The van der Waals surface area contributed by atoms with Crippen LogP contribution in [0.5, 0.6) is 0 Å². The van der Waals surface area contributed by atoms with E-state index in [1.807, 2.05) is 36.4 Å². The molecule has 0 aliphatic heterocycles. The molecule has 0 atom stereocenters. The predicted octanol–water partition coefficient (Wildman–Crippen LogP) is 4.98. The minimum atomic E-state index is -0.120. The van der Waals surface area contributed by atoms with Gasteiger partial charge in [-0.2, -0.15) is 0 Å². The standard InChI is InChI=1S/C16H14BrCl2NO/c17-14-8-4-7-13(15(14)19)16(21)20(10-9-18)11-12-5-2-1-3-6-12/h1-8H,9-11H2. The molecule has 2 aromatic rings. The van der Waals surface area contributed by atoms with Crippen LogP contribution in [0.4, 0.5) is 0 Å². The Labute approximate surface area is 142 Å². The molecule has 0 heterocycles. The van der Waals surface area contributed by atoms with Crippen molar-refractivity contribution >= 4 is 45.0 Å². The number of halogens is 3. The molecule has 1 amide bonds. The van der Waals surface area contributed by atoms with E-state index >= 15 is 0 Å². The summed E-state index contributed by atoms with van der Waals surface area (Å²) in [4.78, 5) is 14.4. The zero-order valence-corrected chi connectivity index (χ0v) is 14.3. The predicted molar refractivity (Wildman–Crippen MR) is 91.1 cm³/mol. The lowest BCUT2D eigenvalue weighted by Crippen LogP contribution is -2.32. The minimum absolute atomic E-state index is 0.120. The Morgan fingerprint density at radius 1 is 1.10 bits per heavy atom. The second kappa shape index (κ2) is 7.83. The van der Waals surface area contributed by atoms with Gasteiger partial charge in [-0.25, -0.2) is 0 Å². The van der Waals surface area contributed by atoms with Crippen LogP contribution < -0.4 is 0 Å². The van der Waals surface area contributed by atoms with Crippen molar-refractivity contribution in [3.63, 3.8) is 0 Å². The first-order valence-electron chi connectivity index (χ1n) is 6.46. The van der Waals surface area contributed by atoms with Crippen LogP contribution in [-0.2, 0) is 6.54 Å². The third-order valence-corrected chi connectivity index (χ3v) is 4.51. The van der Waals surface area contributed by atoms with E-state index in [1.165, 1.54) is 0 Å². The van der Waals surface area contributed by atoms with Crippen LogP contribution >= 0.6 is 39.1 Å². The summed E-state index contributed by atoms with van der Waals surface area (Å²) in [6, 6.07) is 15.1. The van der Waals surface area contributed by atoms with Gasteiger partial charge in [-0.1, -0.05) is 48.0 Å². The van der Waals surface area contributed by atoms with E-state index in [2.05, 4.69) is 15.9 Å². The van der Waals surface area contributed by atoms with Crippen molar-refractivity contribution in [2.75, 3.05) is 12.4 Å². The third kappa shape index (κ3) is 4.22. The molecule has 0 saturated heterocycles. The summed E-state index contributed by atoms with van der Waals surface area (Å²) in [6.07, 6.45) is 0. The van der Waals surface area contributed by atoms with Crippen LogP contribution in [0.3, 0.4) is 0 Å². The molecule has 0 radical (unpaired) electrons. The van der Waals surface area contributed by atoms with Gasteiger partial charge in [-0.05, 0) is 33.6 Å². The molecule has 0 fully saturated rings. The van der Waals surface area contributed by atoms with Crippen molar-refractivity contribution < 1.29 is 4.79 Å². The number of rotatable bonds is 5. The van der Waals surface area contributed by atoms with Crippen molar-refractivity contribution in [3.05, 3.63) is 69.2 Å². The Bertz CT molecular complexity index is 619. The molecular formula is C16H14BrCl2NO. The highest BCUT2D eigenvalue weighted by Gasteiger charge is 2.19. The highest BCUT2D eigenvalue weighted by atomic mass is 79.9. The molecule has 2 aromatic carbocycles. The van der Waals surface area contributed by atoms with E-state index < -0.39 is 0 Å². The first kappa shape index (κ1) is 16.3. The number of carbonyl (C=O) groups is 1. The van der Waals surface area contributed by atoms with Gasteiger partial charge >= 0.3 is 0 Å². The van der Waals surface area contributed by atoms with Gasteiger partial charge in [0.2, 0.25) is 0 Å². The zero-order valence-electron chi connectivity index (χ0n) is 11.2. The maximum atomic E-state index is 12.7. The molecule has 0 unspecified atom stereocenters. The molecule has 0 saturated carbocycles. The summed E-state index contributed by atoms with van der Waals surface area (Å²) in [7, 11) is 0. The van der Waals surface area contributed by atoms with E-state index in [4.69, 9.17) is 23.2 Å². The van der Waals surface area contributed by atoms with Gasteiger partial charge in [-0.3, -0.25) is 4.79 Å². The topological polar surface area (TPSA) is 20.3 Å². The lowest BCUT2D eigenvalue weighted by Gasteiger charge is -2.22. The summed E-state index contributed by atoms with van der Waals surface area (Å²) in [6.45, 7) is 0.980. The summed E-state index contributed by atoms with van der Waals surface area (Å²) in [5, 5.41) is 0.426. The Balaban J connectivity index is 2.25. The second-order valence-corrected chi connectivity index (χ2v) is 6.11. The lowest BCUT2D eigenvalue weighted by molar-refractivity contribution is 0.0754. The molecular weight excluding hydrogens is 373 g/mol. The summed E-state index contributed by atoms with van der Waals surface area (Å²) in [5.74, 6) is 0.260. The number of alkyl halides is 1. The number of carbonyl (C=O) groups excluding carboxylic acids is 1. The van der Waals surface area contributed by atoms with Gasteiger partial charge < -0.3 is 4.90 Å². The number of hydrogen-bond donors (Lipinski definition) is 0. The van der Waals surface area contributed by atoms with Crippen LogP contribution in [0.2, 0.25) is 5.02 Å². The fourth-order valence-corrected chi connectivity index (χ4v) is 2.77. The maximum absolute atomic E-state index is 12.7. The van der Waals surface area contributed by atoms with Crippen molar-refractivity contribution in [1.29, 1.82) is 0 Å². The molecule has 0 aromatic heterocycles. The molecule has 21 heavy (non-hydrogen) atoms. The Morgan fingerprint density at radius 2 is 1.81 bits per heavy atom. The van der Waals surface area contributed by atoms with Gasteiger partial charge in [0.1, 0.15) is 0 Å². The number of hydrogen-bond acceptors (Lipinski definition) is 1. The Morgan fingerprint density at radius 3 is 2.48 bits per heavy atom. The van der Waals surface area contributed by atoms with E-state index in [1.54, 1.807) is 17.0 Å². The summed E-state index contributed by atoms with van der Waals surface area (Å²) >= 11 is 15.4. The van der Waals surface area contributed by atoms with Gasteiger partial charge in [0.05, 0.1) is 10.6 Å². The monoisotopic (exact) mass is 385 g/mol. The highest BCUT2D eigenvalue weighted by molar-refractivity contribution is 9.10. The molecule has 0 aliphatic carbocycles. The van der Waals surface area contributed by atoms with Crippen LogP contribution in [-0.4, -0.2) is 23.2 Å². The quantitative estimate of drug-likeness (QED) is 0.663. The van der Waals surface area contributed by atoms with Gasteiger partial charge in [0.25, 0.3) is 5.91 Å². The summed E-state index contributed by atoms with van der Waals surface area (Å²) in [5.41, 5.74) is 1.54. The van der Waals surface area contributed by atoms with Gasteiger partial charge in [0.15, 0.2) is 0 Å². The Hall–Kier alpha value is -1.03. The number of amides is 1. The van der Waals surface area contributed by atoms with Crippen LogP contribution in [0.25, 0.3) is 0 Å². The molecule has 5 heteroatoms. The average Bonchev–Trinajstić information content (AvgIpc) is 2.50. The fourth-order valence-electron chi connectivity index (χ4n) is 2.00. The molecule has 0 aliphatic rings. The second-order valence-electron chi connectivity index (χ2n) is 4.50. The number of benzene rings is 2. The van der Waals surface area contributed by atoms with Crippen molar-refractivity contribution in [3.8, 4) is 0 Å². The van der Waals surface area contributed by atoms with Crippen LogP contribution in [0.15, 0.2) is 53.0 Å². The normalized spacial score (nSPS) is 10.4. The first-order valence-corrected chi connectivity index (χ1v) is 8.17. The van der Waals surface area contributed by atoms with E-state index in [0.29, 0.717) is 34.0 Å². The van der Waals surface area contributed by atoms with Crippen LogP contribution in [0, 0.1) is 0 Å². The van der Waals surface area contributed by atoms with Crippen molar-refractivity contribution in [1.82, 2.24) is 4.90 Å². The van der Waals surface area contributed by atoms with Gasteiger partial charge in [-0.15, -0.1) is 11.6 Å². The van der Waals surface area contributed by atoms with Crippen LogP contribution in [0.1, 0.15) is 15.9 Å². The summed E-state index contributed by atoms with van der Waals surface area (Å²) < 4.78 is 0.709. The average molecular weight is 387 g/mol. The third-order valence-electron chi connectivity index (χ3n) is 3.04. The Kier molecular flexibility index (Phi) is 6.09. The smallest absolute Gasteiger partial charge is 0.255 e. The fraction of sp³-hybridized carbons (Fsp3) is 0.188. The molecule has 2 nitrogen and oxygen atoms in total. The lowest BCUT2D eigenvalue weighted by atomic mass is 10.1. The van der Waals surface area contributed by atoms with Gasteiger partial charge in [0, 0.05) is 23.4 Å². The minimum Gasteiger partial charge on any atom is -0.333 e. The zero-order chi connectivity index (χ0) is 15.2. The molecule has 2 rings (SSSR count). The van der Waals surface area contributed by atoms with E-state index in [0.717, 1.165) is 5.56 Å². The van der Waals surface area contributed by atoms with E-state index in [9.17, 15) is 4.79 Å². The highest BCUT2D eigenvalue weighted by Crippen LogP contribution is 2.27. The SMILES string of the molecule is O=C(c1cccc(Br)c1Cl)N(CCCl)Cc1ccccc1. The van der Waals surface area contributed by atoms with E-state index in [-0.39, 0.29) is 5.91 Å². The molecule has 0 bridgehead atoms. The largest absolute Gasteiger partial charge is 0.333 e. The maximum Gasteiger partial charge on any atom is 0.255 e. The van der Waals surface area contributed by atoms with Crippen molar-refractivity contribution in [2.45, 2.75) is 6.54 Å². The molecule has 110 valence electrons. The molecule has 0 spiro atoms. The van der Waals surface area contributed by atoms with Crippen molar-refractivity contribution in [2.24, 2.45) is 0 Å².